The second-order valence-corrected chi connectivity index (χ2v) is 12.1. The highest BCUT2D eigenvalue weighted by molar-refractivity contribution is 6.48. The lowest BCUT2D eigenvalue weighted by atomic mass is 9.79. The molecule has 4 rings (SSSR count). The Kier molecular flexibility index (Phi) is 5.67. The van der Waals surface area contributed by atoms with E-state index in [9.17, 15) is 0 Å². The molecular weight excluding hydrogens is 418 g/mol. The van der Waals surface area contributed by atoms with Gasteiger partial charge in [-0.2, -0.15) is 4.98 Å². The topological polar surface area (TPSA) is 86.4 Å². The fourth-order valence-electron chi connectivity index (χ4n) is 4.50. The normalized spacial score (nSPS) is 19.0. The lowest BCUT2D eigenvalue weighted by Gasteiger charge is -2.37. The lowest BCUT2D eigenvalue weighted by molar-refractivity contribution is 0.0648. The summed E-state index contributed by atoms with van der Waals surface area (Å²) in [6, 6.07) is 1.93. The van der Waals surface area contributed by atoms with Gasteiger partial charge in [-0.05, 0) is 24.6 Å². The maximum atomic E-state index is 6.62. The highest BCUT2D eigenvalue weighted by Crippen LogP contribution is 2.46. The Labute approximate surface area is 184 Å². The average Bonchev–Trinajstić information content (AvgIpc) is 3.24. The Morgan fingerprint density at radius 2 is 2.13 bits per heavy atom. The molecule has 2 atom stereocenters. The molecule has 2 aliphatic rings. The summed E-state index contributed by atoms with van der Waals surface area (Å²) in [5.74, 6) is 1.97. The van der Waals surface area contributed by atoms with E-state index in [2.05, 4.69) is 53.7 Å². The Morgan fingerprint density at radius 3 is 2.83 bits per heavy atom. The van der Waals surface area contributed by atoms with Crippen LogP contribution in [-0.2, 0) is 17.4 Å². The number of aromatic nitrogens is 3. The zero-order valence-corrected chi connectivity index (χ0v) is 20.2. The van der Waals surface area contributed by atoms with Crippen LogP contribution in [0.5, 0.6) is 5.75 Å². The SMILES string of the molecule is C[SiH](C)OC(C1CN(Cc2nccc3c2CCO3)c2nc(N)nc(Cl)c21)C(C)(C)C. The third-order valence-corrected chi connectivity index (χ3v) is 6.80. The minimum atomic E-state index is -1.28. The molecule has 30 heavy (non-hydrogen) atoms. The van der Waals surface area contributed by atoms with Crippen molar-refractivity contribution in [3.63, 3.8) is 0 Å². The Bertz CT molecular complexity index is 950. The molecule has 0 saturated carbocycles. The maximum absolute atomic E-state index is 6.62. The number of rotatable bonds is 5. The van der Waals surface area contributed by atoms with Crippen molar-refractivity contribution < 1.29 is 9.16 Å². The van der Waals surface area contributed by atoms with Crippen molar-refractivity contribution in [2.75, 3.05) is 23.8 Å². The van der Waals surface area contributed by atoms with Crippen molar-refractivity contribution in [3.8, 4) is 5.75 Å². The molecule has 0 spiro atoms. The van der Waals surface area contributed by atoms with Crippen molar-refractivity contribution in [1.82, 2.24) is 15.0 Å². The number of anilines is 2. The summed E-state index contributed by atoms with van der Waals surface area (Å²) in [4.78, 5) is 15.7. The van der Waals surface area contributed by atoms with Gasteiger partial charge in [-0.15, -0.1) is 0 Å². The molecule has 0 aromatic carbocycles. The first-order valence-electron chi connectivity index (χ1n) is 10.5. The lowest BCUT2D eigenvalue weighted by Crippen LogP contribution is -2.40. The van der Waals surface area contributed by atoms with E-state index in [0.29, 0.717) is 18.3 Å². The van der Waals surface area contributed by atoms with Gasteiger partial charge in [-0.1, -0.05) is 32.4 Å². The van der Waals surface area contributed by atoms with Gasteiger partial charge < -0.3 is 19.8 Å². The number of hydrogen-bond acceptors (Lipinski definition) is 7. The molecule has 0 aliphatic carbocycles. The van der Waals surface area contributed by atoms with Gasteiger partial charge in [-0.3, -0.25) is 4.98 Å². The van der Waals surface area contributed by atoms with Crippen LogP contribution in [0.4, 0.5) is 11.8 Å². The quantitative estimate of drug-likeness (QED) is 0.553. The molecule has 2 aromatic heterocycles. The molecule has 2 N–H and O–H groups in total. The summed E-state index contributed by atoms with van der Waals surface area (Å²) in [7, 11) is -1.28. The summed E-state index contributed by atoms with van der Waals surface area (Å²) in [6.45, 7) is 13.1. The Morgan fingerprint density at radius 1 is 1.37 bits per heavy atom. The number of nitrogens with zero attached hydrogens (tertiary/aromatic N) is 4. The van der Waals surface area contributed by atoms with Crippen molar-refractivity contribution in [2.24, 2.45) is 5.41 Å². The van der Waals surface area contributed by atoms with Crippen molar-refractivity contribution in [3.05, 3.63) is 34.2 Å². The van der Waals surface area contributed by atoms with E-state index >= 15 is 0 Å². The Hall–Kier alpha value is -1.90. The molecule has 162 valence electrons. The molecule has 4 heterocycles. The third-order valence-electron chi connectivity index (χ3n) is 5.67. The fraction of sp³-hybridized carbons (Fsp3) is 0.571. The molecule has 7 nitrogen and oxygen atoms in total. The zero-order valence-electron chi connectivity index (χ0n) is 18.3. The van der Waals surface area contributed by atoms with Gasteiger partial charge in [0.2, 0.25) is 5.95 Å². The number of nitrogens with two attached hydrogens (primary N) is 1. The van der Waals surface area contributed by atoms with E-state index in [1.54, 1.807) is 6.20 Å². The van der Waals surface area contributed by atoms with Gasteiger partial charge in [0.05, 0.1) is 24.9 Å². The van der Waals surface area contributed by atoms with Gasteiger partial charge in [0, 0.05) is 36.2 Å². The molecular formula is C21H30ClN5O2Si. The van der Waals surface area contributed by atoms with E-state index in [1.807, 2.05) is 6.07 Å². The summed E-state index contributed by atoms with van der Waals surface area (Å²) >= 11 is 6.62. The number of ether oxygens (including phenoxy) is 1. The molecule has 0 bridgehead atoms. The van der Waals surface area contributed by atoms with Crippen LogP contribution in [0, 0.1) is 5.41 Å². The third kappa shape index (κ3) is 4.00. The van der Waals surface area contributed by atoms with E-state index in [0.717, 1.165) is 35.8 Å². The van der Waals surface area contributed by atoms with Crippen molar-refractivity contribution in [1.29, 1.82) is 0 Å². The first-order chi connectivity index (χ1) is 14.1. The maximum Gasteiger partial charge on any atom is 0.223 e. The number of halogens is 1. The highest BCUT2D eigenvalue weighted by atomic mass is 35.5. The molecule has 2 aliphatic heterocycles. The zero-order chi connectivity index (χ0) is 21.6. The number of pyridine rings is 1. The van der Waals surface area contributed by atoms with Crippen molar-refractivity contribution >= 4 is 32.4 Å². The van der Waals surface area contributed by atoms with E-state index < -0.39 is 9.04 Å². The first kappa shape index (κ1) is 21.3. The monoisotopic (exact) mass is 447 g/mol. The first-order valence-corrected chi connectivity index (χ1v) is 13.6. The van der Waals surface area contributed by atoms with Gasteiger partial charge in [-0.25, -0.2) is 4.98 Å². The van der Waals surface area contributed by atoms with Gasteiger partial charge in [0.15, 0.2) is 9.04 Å². The summed E-state index contributed by atoms with van der Waals surface area (Å²) < 4.78 is 12.3. The van der Waals surface area contributed by atoms with E-state index in [-0.39, 0.29) is 23.4 Å². The molecule has 0 saturated heterocycles. The van der Waals surface area contributed by atoms with Crippen LogP contribution < -0.4 is 15.4 Å². The largest absolute Gasteiger partial charge is 0.493 e. The van der Waals surface area contributed by atoms with Gasteiger partial charge in [0.25, 0.3) is 0 Å². The van der Waals surface area contributed by atoms with Crippen LogP contribution >= 0.6 is 11.6 Å². The number of nitrogen functional groups attached to an aromatic ring is 1. The van der Waals surface area contributed by atoms with Crippen LogP contribution in [0.15, 0.2) is 12.3 Å². The highest BCUT2D eigenvalue weighted by Gasteiger charge is 2.43. The van der Waals surface area contributed by atoms with Crippen molar-refractivity contribution in [2.45, 2.75) is 58.9 Å². The Balaban J connectivity index is 1.74. The van der Waals surface area contributed by atoms with Crippen LogP contribution in [0.2, 0.25) is 18.2 Å². The second kappa shape index (κ2) is 7.98. The van der Waals surface area contributed by atoms with Gasteiger partial charge >= 0.3 is 0 Å². The molecule has 0 radical (unpaired) electrons. The predicted octanol–water partition coefficient (Wildman–Crippen LogP) is 3.56. The fourth-order valence-corrected chi connectivity index (χ4v) is 6.00. The molecule has 0 fully saturated rings. The smallest absolute Gasteiger partial charge is 0.223 e. The molecule has 2 unspecified atom stereocenters. The average molecular weight is 448 g/mol. The van der Waals surface area contributed by atoms with Gasteiger partial charge in [0.1, 0.15) is 16.7 Å². The predicted molar refractivity (Wildman–Crippen MR) is 122 cm³/mol. The molecule has 0 amide bonds. The second-order valence-electron chi connectivity index (χ2n) is 9.40. The number of hydrogen-bond donors (Lipinski definition) is 1. The molecule has 2 aromatic rings. The summed E-state index contributed by atoms with van der Waals surface area (Å²) in [6.07, 6.45) is 2.69. The van der Waals surface area contributed by atoms with E-state index in [1.165, 1.54) is 5.56 Å². The minimum absolute atomic E-state index is 0.00965. The molecule has 9 heteroatoms. The van der Waals surface area contributed by atoms with Crippen LogP contribution in [0.25, 0.3) is 0 Å². The van der Waals surface area contributed by atoms with Crippen LogP contribution in [0.1, 0.15) is 43.5 Å². The van der Waals surface area contributed by atoms with Crippen LogP contribution in [0.3, 0.4) is 0 Å². The summed E-state index contributed by atoms with van der Waals surface area (Å²) in [5.41, 5.74) is 9.04. The minimum Gasteiger partial charge on any atom is -0.493 e. The van der Waals surface area contributed by atoms with Crippen LogP contribution in [-0.4, -0.2) is 43.2 Å². The standard InChI is InChI=1S/C21H30ClN5O2Si/c1-21(2,3)17(29-30(4)5)13-10-27(19-16(13)18(22)25-20(23)26-19)11-14-12-7-9-28-15(12)6-8-24-14/h6,8,13,17,30H,7,9-11H2,1-5H3,(H2,23,25,26). The number of fused-ring (bicyclic) bond motifs is 2. The van der Waals surface area contributed by atoms with E-state index in [4.69, 9.17) is 26.5 Å². The summed E-state index contributed by atoms with van der Waals surface area (Å²) in [5, 5.41) is 0.419.